The molecule has 1 amide bonds. The Labute approximate surface area is 121 Å². The van der Waals surface area contributed by atoms with Crippen molar-refractivity contribution in [3.63, 3.8) is 0 Å². The maximum atomic E-state index is 13.0. The lowest BCUT2D eigenvalue weighted by Gasteiger charge is -2.06. The Morgan fingerprint density at radius 2 is 2.05 bits per heavy atom. The first-order chi connectivity index (χ1) is 9.66. The lowest BCUT2D eigenvalue weighted by atomic mass is 10.1. The smallest absolute Gasteiger partial charge is 0.254 e. The summed E-state index contributed by atoms with van der Waals surface area (Å²) in [4.78, 5) is 15.4. The predicted octanol–water partition coefficient (Wildman–Crippen LogP) is 3.24. The van der Waals surface area contributed by atoms with Crippen molar-refractivity contribution in [3.8, 4) is 0 Å². The molecule has 0 aliphatic heterocycles. The van der Waals surface area contributed by atoms with Gasteiger partial charge in [0.25, 0.3) is 5.91 Å². The second-order valence-electron chi connectivity index (χ2n) is 4.34. The number of hydrogen-bond donors (Lipinski definition) is 1. The van der Waals surface area contributed by atoms with Crippen LogP contribution in [0.4, 0.5) is 4.39 Å². The maximum absolute atomic E-state index is 13.0. The van der Waals surface area contributed by atoms with Crippen LogP contribution in [-0.2, 0) is 6.42 Å². The summed E-state index contributed by atoms with van der Waals surface area (Å²) >= 11 is 5.76. The van der Waals surface area contributed by atoms with E-state index in [-0.39, 0.29) is 10.7 Å². The molecule has 1 heterocycles. The fraction of sp³-hybridized carbons (Fsp3) is 0.200. The Bertz CT molecular complexity index is 590. The highest BCUT2D eigenvalue weighted by Gasteiger charge is 2.11. The SMILES string of the molecule is O=C(NCCCc1ccccc1)c1cc(F)cnc1Cl. The van der Waals surface area contributed by atoms with E-state index in [4.69, 9.17) is 11.6 Å². The third-order valence-corrected chi connectivity index (χ3v) is 3.12. The molecule has 20 heavy (non-hydrogen) atoms. The van der Waals surface area contributed by atoms with Gasteiger partial charge in [-0.2, -0.15) is 0 Å². The minimum absolute atomic E-state index is 0.00644. The van der Waals surface area contributed by atoms with Crippen molar-refractivity contribution in [2.24, 2.45) is 0 Å². The van der Waals surface area contributed by atoms with E-state index < -0.39 is 11.7 Å². The van der Waals surface area contributed by atoms with Gasteiger partial charge in [-0.1, -0.05) is 41.9 Å². The first kappa shape index (κ1) is 14.5. The van der Waals surface area contributed by atoms with Gasteiger partial charge in [-0.3, -0.25) is 4.79 Å². The molecule has 0 saturated heterocycles. The number of rotatable bonds is 5. The van der Waals surface area contributed by atoms with E-state index in [1.165, 1.54) is 5.56 Å². The molecule has 2 aromatic rings. The number of carbonyl (C=O) groups excluding carboxylic acids is 1. The average molecular weight is 293 g/mol. The molecule has 0 unspecified atom stereocenters. The molecule has 5 heteroatoms. The Balaban J connectivity index is 1.82. The lowest BCUT2D eigenvalue weighted by molar-refractivity contribution is 0.0952. The van der Waals surface area contributed by atoms with E-state index in [0.29, 0.717) is 6.54 Å². The van der Waals surface area contributed by atoms with Crippen LogP contribution >= 0.6 is 11.6 Å². The van der Waals surface area contributed by atoms with E-state index in [0.717, 1.165) is 25.1 Å². The predicted molar refractivity (Wildman–Crippen MR) is 76.3 cm³/mol. The number of nitrogens with zero attached hydrogens (tertiary/aromatic N) is 1. The molecular weight excluding hydrogens is 279 g/mol. The summed E-state index contributed by atoms with van der Waals surface area (Å²) in [5.74, 6) is -0.987. The van der Waals surface area contributed by atoms with Crippen LogP contribution in [0, 0.1) is 5.82 Å². The van der Waals surface area contributed by atoms with Crippen LogP contribution < -0.4 is 5.32 Å². The zero-order valence-corrected chi connectivity index (χ0v) is 11.5. The van der Waals surface area contributed by atoms with Gasteiger partial charge in [-0.15, -0.1) is 0 Å². The zero-order chi connectivity index (χ0) is 14.4. The van der Waals surface area contributed by atoms with E-state index in [1.807, 2.05) is 30.3 Å². The van der Waals surface area contributed by atoms with Gasteiger partial charge in [-0.25, -0.2) is 9.37 Å². The van der Waals surface area contributed by atoms with Crippen molar-refractivity contribution in [2.75, 3.05) is 6.54 Å². The van der Waals surface area contributed by atoms with Gasteiger partial charge < -0.3 is 5.32 Å². The van der Waals surface area contributed by atoms with Gasteiger partial charge in [0.05, 0.1) is 11.8 Å². The molecule has 1 aromatic heterocycles. The van der Waals surface area contributed by atoms with E-state index >= 15 is 0 Å². The third-order valence-electron chi connectivity index (χ3n) is 2.82. The van der Waals surface area contributed by atoms with Gasteiger partial charge in [0, 0.05) is 6.54 Å². The Morgan fingerprint density at radius 3 is 2.80 bits per heavy atom. The molecule has 3 nitrogen and oxygen atoms in total. The Kier molecular flexibility index (Phi) is 5.07. The molecule has 0 aliphatic carbocycles. The minimum Gasteiger partial charge on any atom is -0.352 e. The van der Waals surface area contributed by atoms with Crippen LogP contribution in [0.25, 0.3) is 0 Å². The average Bonchev–Trinajstić information content (AvgIpc) is 2.47. The van der Waals surface area contributed by atoms with Crippen LogP contribution in [0.1, 0.15) is 22.3 Å². The van der Waals surface area contributed by atoms with E-state index in [9.17, 15) is 9.18 Å². The van der Waals surface area contributed by atoms with Gasteiger partial charge in [0.2, 0.25) is 0 Å². The summed E-state index contributed by atoms with van der Waals surface area (Å²) in [5.41, 5.74) is 1.28. The summed E-state index contributed by atoms with van der Waals surface area (Å²) < 4.78 is 13.0. The van der Waals surface area contributed by atoms with Crippen LogP contribution in [0.3, 0.4) is 0 Å². The molecule has 0 bridgehead atoms. The molecular formula is C15H14ClFN2O. The number of carbonyl (C=O) groups is 1. The fourth-order valence-electron chi connectivity index (χ4n) is 1.82. The van der Waals surface area contributed by atoms with Gasteiger partial charge in [0.15, 0.2) is 0 Å². The zero-order valence-electron chi connectivity index (χ0n) is 10.8. The molecule has 0 saturated carbocycles. The summed E-state index contributed by atoms with van der Waals surface area (Å²) in [6.45, 7) is 0.501. The molecule has 0 radical (unpaired) electrons. The maximum Gasteiger partial charge on any atom is 0.254 e. The van der Waals surface area contributed by atoms with Gasteiger partial charge >= 0.3 is 0 Å². The summed E-state index contributed by atoms with van der Waals surface area (Å²) in [6.07, 6.45) is 2.65. The minimum atomic E-state index is -0.580. The quantitative estimate of drug-likeness (QED) is 0.679. The van der Waals surface area contributed by atoms with Crippen LogP contribution in [-0.4, -0.2) is 17.4 Å². The number of halogens is 2. The Morgan fingerprint density at radius 1 is 1.30 bits per heavy atom. The fourth-order valence-corrected chi connectivity index (χ4v) is 2.01. The second-order valence-corrected chi connectivity index (χ2v) is 4.69. The highest BCUT2D eigenvalue weighted by molar-refractivity contribution is 6.32. The molecule has 104 valence electrons. The van der Waals surface area contributed by atoms with Gasteiger partial charge in [0.1, 0.15) is 11.0 Å². The first-order valence-corrected chi connectivity index (χ1v) is 6.68. The van der Waals surface area contributed by atoms with Crippen LogP contribution in [0.15, 0.2) is 42.6 Å². The number of nitrogens with one attached hydrogen (secondary N) is 1. The van der Waals surface area contributed by atoms with Crippen LogP contribution in [0.2, 0.25) is 5.15 Å². The molecule has 0 atom stereocenters. The van der Waals surface area contributed by atoms with Crippen molar-refractivity contribution >= 4 is 17.5 Å². The number of pyridine rings is 1. The van der Waals surface area contributed by atoms with E-state index in [1.54, 1.807) is 0 Å². The van der Waals surface area contributed by atoms with Gasteiger partial charge in [-0.05, 0) is 24.5 Å². The molecule has 1 aromatic carbocycles. The number of benzene rings is 1. The Hall–Kier alpha value is -1.94. The topological polar surface area (TPSA) is 42.0 Å². The molecule has 0 spiro atoms. The lowest BCUT2D eigenvalue weighted by Crippen LogP contribution is -2.25. The molecule has 0 aliphatic rings. The molecule has 1 N–H and O–H groups in total. The van der Waals surface area contributed by atoms with E-state index in [2.05, 4.69) is 10.3 Å². The van der Waals surface area contributed by atoms with Crippen molar-refractivity contribution < 1.29 is 9.18 Å². The standard InChI is InChI=1S/C15H14ClFN2O/c16-14-13(9-12(17)10-19-14)15(20)18-8-4-7-11-5-2-1-3-6-11/h1-3,5-6,9-10H,4,7-8H2,(H,18,20). The second kappa shape index (κ2) is 7.01. The molecule has 2 rings (SSSR count). The molecule has 0 fully saturated rings. The highest BCUT2D eigenvalue weighted by Crippen LogP contribution is 2.13. The van der Waals surface area contributed by atoms with Crippen LogP contribution in [0.5, 0.6) is 0 Å². The van der Waals surface area contributed by atoms with Crippen molar-refractivity contribution in [3.05, 3.63) is 64.7 Å². The normalized spacial score (nSPS) is 10.3. The van der Waals surface area contributed by atoms with Crippen molar-refractivity contribution in [1.29, 1.82) is 0 Å². The number of aromatic nitrogens is 1. The summed E-state index contributed by atoms with van der Waals surface area (Å²) in [5, 5.41) is 2.71. The summed E-state index contributed by atoms with van der Waals surface area (Å²) in [7, 11) is 0. The van der Waals surface area contributed by atoms with Crippen molar-refractivity contribution in [2.45, 2.75) is 12.8 Å². The monoisotopic (exact) mass is 292 g/mol. The number of hydrogen-bond acceptors (Lipinski definition) is 2. The number of amides is 1. The third kappa shape index (κ3) is 4.03. The van der Waals surface area contributed by atoms with Crippen molar-refractivity contribution in [1.82, 2.24) is 10.3 Å². The largest absolute Gasteiger partial charge is 0.352 e. The number of aryl methyl sites for hydroxylation is 1. The first-order valence-electron chi connectivity index (χ1n) is 6.30. The highest BCUT2D eigenvalue weighted by atomic mass is 35.5. The summed E-state index contributed by atoms with van der Waals surface area (Å²) in [6, 6.07) is 11.1.